The van der Waals surface area contributed by atoms with Gasteiger partial charge in [0.15, 0.2) is 5.82 Å². The molecule has 1 atom stereocenters. The van der Waals surface area contributed by atoms with Gasteiger partial charge < -0.3 is 15.5 Å². The highest BCUT2D eigenvalue weighted by molar-refractivity contribution is 9.10. The second kappa shape index (κ2) is 8.36. The minimum absolute atomic E-state index is 0.0133. The molecule has 1 aromatic rings. The Morgan fingerprint density at radius 1 is 1.40 bits per heavy atom. The molecule has 0 radical (unpaired) electrons. The number of benzene rings is 1. The number of carbonyl (C=O) groups is 1. The zero-order valence-corrected chi connectivity index (χ0v) is 17.0. The molecule has 2 aliphatic rings. The lowest BCUT2D eigenvalue weighted by molar-refractivity contribution is -0.239. The molecule has 0 saturated carbocycles. The third kappa shape index (κ3) is 3.85. The molecule has 3 rings (SSSR count). The maximum Gasteiger partial charge on any atom is 0.493 e. The number of carbonyl (C=O) groups excluding carboxylic acids is 1. The number of halogens is 4. The van der Waals surface area contributed by atoms with Crippen LogP contribution in [0, 0.1) is 22.7 Å². The lowest BCUT2D eigenvalue weighted by Crippen LogP contribution is -2.43. The minimum atomic E-state index is -5.18. The second-order valence-corrected chi connectivity index (χ2v) is 7.09. The number of hydrogen-bond donors (Lipinski definition) is 3. The number of nitrogens with zero attached hydrogens (tertiary/aromatic N) is 3. The molecular formula is C18H14BrF3N6O2. The van der Waals surface area contributed by atoms with E-state index in [1.807, 2.05) is 6.07 Å². The Morgan fingerprint density at radius 2 is 2.13 bits per heavy atom. The van der Waals surface area contributed by atoms with Crippen LogP contribution in [0.4, 0.5) is 13.2 Å². The van der Waals surface area contributed by atoms with Gasteiger partial charge in [0.1, 0.15) is 6.07 Å². The molecule has 8 nitrogen and oxygen atoms in total. The first-order valence-electron chi connectivity index (χ1n) is 8.52. The molecule has 0 saturated heterocycles. The fourth-order valence-corrected chi connectivity index (χ4v) is 3.82. The van der Waals surface area contributed by atoms with Crippen LogP contribution in [0.3, 0.4) is 0 Å². The number of nitriles is 2. The fourth-order valence-electron chi connectivity index (χ4n) is 3.24. The number of nitrogens with one attached hydrogen (secondary N) is 3. The average Bonchev–Trinajstić information content (AvgIpc) is 3.09. The van der Waals surface area contributed by atoms with E-state index in [4.69, 9.17) is 0 Å². The van der Waals surface area contributed by atoms with Crippen molar-refractivity contribution in [1.82, 2.24) is 21.2 Å². The van der Waals surface area contributed by atoms with Crippen LogP contribution in [0.25, 0.3) is 0 Å². The summed E-state index contributed by atoms with van der Waals surface area (Å²) in [5.74, 6) is -2.99. The summed E-state index contributed by atoms with van der Waals surface area (Å²) in [6.07, 6.45) is -5.18. The van der Waals surface area contributed by atoms with E-state index in [-0.39, 0.29) is 18.9 Å². The van der Waals surface area contributed by atoms with E-state index < -0.39 is 18.1 Å². The van der Waals surface area contributed by atoms with Crippen molar-refractivity contribution in [2.75, 3.05) is 20.1 Å². The summed E-state index contributed by atoms with van der Waals surface area (Å²) in [4.78, 5) is 15.8. The summed E-state index contributed by atoms with van der Waals surface area (Å²) in [5, 5.41) is 25.5. The Kier molecular flexibility index (Phi) is 6.03. The summed E-state index contributed by atoms with van der Waals surface area (Å²) in [7, 11) is 1.64. The van der Waals surface area contributed by atoms with Gasteiger partial charge in [-0.15, -0.1) is 5.17 Å². The second-order valence-electron chi connectivity index (χ2n) is 6.29. The smallest absolute Gasteiger partial charge is 0.339 e. The summed E-state index contributed by atoms with van der Waals surface area (Å²) < 4.78 is 38.4. The SMILES string of the molecule is CNCC1=C(C#N)C(c2cccc(C#N)c2Br)C2=C(N1)N(OC(=O)C(F)(F)F)NC2. The number of hydrazine groups is 1. The Bertz CT molecular complexity index is 1040. The van der Waals surface area contributed by atoms with Crippen LogP contribution >= 0.6 is 15.9 Å². The molecule has 3 N–H and O–H groups in total. The van der Waals surface area contributed by atoms with Gasteiger partial charge in [-0.1, -0.05) is 12.1 Å². The summed E-state index contributed by atoms with van der Waals surface area (Å²) in [5.41, 5.74) is 4.70. The molecule has 0 fully saturated rings. The molecule has 0 aliphatic carbocycles. The molecule has 12 heteroatoms. The predicted octanol–water partition coefficient (Wildman–Crippen LogP) is 2.06. The average molecular weight is 483 g/mol. The van der Waals surface area contributed by atoms with Crippen molar-refractivity contribution in [2.45, 2.75) is 12.1 Å². The van der Waals surface area contributed by atoms with Gasteiger partial charge in [-0.05, 0) is 34.6 Å². The minimum Gasteiger partial charge on any atom is -0.339 e. The Balaban J connectivity index is 2.11. The van der Waals surface area contributed by atoms with Gasteiger partial charge in [0.05, 0.1) is 17.2 Å². The van der Waals surface area contributed by atoms with Crippen LogP contribution in [-0.4, -0.2) is 37.5 Å². The van der Waals surface area contributed by atoms with E-state index >= 15 is 0 Å². The van der Waals surface area contributed by atoms with Gasteiger partial charge in [-0.25, -0.2) is 4.79 Å². The highest BCUT2D eigenvalue weighted by atomic mass is 79.9. The van der Waals surface area contributed by atoms with E-state index in [2.05, 4.69) is 42.9 Å². The molecule has 0 bridgehead atoms. The zero-order chi connectivity index (χ0) is 22.1. The number of hydroxylamine groups is 1. The van der Waals surface area contributed by atoms with Crippen LogP contribution < -0.4 is 16.1 Å². The van der Waals surface area contributed by atoms with Crippen molar-refractivity contribution >= 4 is 21.9 Å². The number of allylic oxidation sites excluding steroid dienone is 1. The van der Waals surface area contributed by atoms with Crippen molar-refractivity contribution in [3.63, 3.8) is 0 Å². The zero-order valence-electron chi connectivity index (χ0n) is 15.4. The van der Waals surface area contributed by atoms with Gasteiger partial charge in [0.2, 0.25) is 0 Å². The summed E-state index contributed by atoms with van der Waals surface area (Å²) in [6.45, 7) is 0.214. The quantitative estimate of drug-likeness (QED) is 0.597. The maximum atomic E-state index is 12.7. The highest BCUT2D eigenvalue weighted by Crippen LogP contribution is 2.43. The number of rotatable bonds is 4. The van der Waals surface area contributed by atoms with Crippen LogP contribution in [0.1, 0.15) is 17.0 Å². The van der Waals surface area contributed by atoms with Crippen LogP contribution in [0.2, 0.25) is 0 Å². The van der Waals surface area contributed by atoms with Gasteiger partial charge in [0, 0.05) is 34.8 Å². The van der Waals surface area contributed by atoms with Gasteiger partial charge in [-0.2, -0.15) is 29.1 Å². The molecule has 0 amide bonds. The van der Waals surface area contributed by atoms with Crippen LogP contribution in [0.5, 0.6) is 0 Å². The summed E-state index contributed by atoms with van der Waals surface area (Å²) in [6, 6.07) is 9.15. The number of alkyl halides is 3. The third-order valence-corrected chi connectivity index (χ3v) is 5.38. The van der Waals surface area contributed by atoms with Crippen molar-refractivity contribution in [1.29, 1.82) is 10.5 Å². The molecule has 2 aliphatic heterocycles. The molecule has 156 valence electrons. The Labute approximate surface area is 177 Å². The van der Waals surface area contributed by atoms with E-state index in [0.717, 1.165) is 0 Å². The normalized spacial score (nSPS) is 18.5. The van der Waals surface area contributed by atoms with E-state index in [1.54, 1.807) is 25.2 Å². The van der Waals surface area contributed by atoms with Crippen LogP contribution in [0.15, 0.2) is 45.3 Å². The Morgan fingerprint density at radius 3 is 2.73 bits per heavy atom. The van der Waals surface area contributed by atoms with E-state index in [1.165, 1.54) is 0 Å². The topological polar surface area (TPSA) is 113 Å². The number of hydrogen-bond acceptors (Lipinski definition) is 8. The predicted molar refractivity (Wildman–Crippen MR) is 100 cm³/mol. The molecule has 0 spiro atoms. The van der Waals surface area contributed by atoms with Crippen molar-refractivity contribution in [3.8, 4) is 12.1 Å². The molecule has 1 aromatic carbocycles. The molecular weight excluding hydrogens is 469 g/mol. The number of dihydropyridines is 1. The van der Waals surface area contributed by atoms with Crippen molar-refractivity contribution in [3.05, 3.63) is 56.5 Å². The largest absolute Gasteiger partial charge is 0.493 e. The first kappa shape index (κ1) is 21.6. The first-order valence-corrected chi connectivity index (χ1v) is 9.31. The lowest BCUT2D eigenvalue weighted by Gasteiger charge is -2.30. The number of likely N-dealkylation sites (N-methyl/N-ethyl adjacent to an activating group) is 1. The molecule has 1 unspecified atom stereocenters. The van der Waals surface area contributed by atoms with Crippen molar-refractivity contribution in [2.24, 2.45) is 0 Å². The van der Waals surface area contributed by atoms with Gasteiger partial charge in [0.25, 0.3) is 0 Å². The molecule has 0 aromatic heterocycles. The molecule has 2 heterocycles. The standard InChI is InChI=1S/C18H14BrF3N6O2/c1-25-8-13-11(6-24)14(10-4-2-3-9(5-23)15(10)19)12-7-26-28(16(12)27-13)30-17(29)18(20,21)22/h2-4,14,25-27H,7-8H2,1H3. The van der Waals surface area contributed by atoms with Crippen LogP contribution in [-0.2, 0) is 9.63 Å². The first-order chi connectivity index (χ1) is 14.2. The maximum absolute atomic E-state index is 12.7. The van der Waals surface area contributed by atoms with Gasteiger partial charge >= 0.3 is 12.1 Å². The summed E-state index contributed by atoms with van der Waals surface area (Å²) >= 11 is 3.39. The monoisotopic (exact) mass is 482 g/mol. The fraction of sp³-hybridized carbons (Fsp3) is 0.278. The lowest BCUT2D eigenvalue weighted by atomic mass is 9.81. The van der Waals surface area contributed by atoms with Gasteiger partial charge in [-0.3, -0.25) is 0 Å². The highest BCUT2D eigenvalue weighted by Gasteiger charge is 2.45. The van der Waals surface area contributed by atoms with E-state index in [0.29, 0.717) is 37.6 Å². The van der Waals surface area contributed by atoms with E-state index in [9.17, 15) is 28.5 Å². The van der Waals surface area contributed by atoms with Crippen molar-refractivity contribution < 1.29 is 22.8 Å². The molecule has 30 heavy (non-hydrogen) atoms. The Hall–Kier alpha value is -3.06. The third-order valence-electron chi connectivity index (χ3n) is 4.49.